The van der Waals surface area contributed by atoms with Crippen LogP contribution in [0.25, 0.3) is 0 Å². The minimum atomic E-state index is -0.784. The molecule has 0 saturated carbocycles. The van der Waals surface area contributed by atoms with Gasteiger partial charge in [0.2, 0.25) is 0 Å². The number of nitrogens with one attached hydrogen (secondary N) is 3. The van der Waals surface area contributed by atoms with Crippen LogP contribution < -0.4 is 10.6 Å². The van der Waals surface area contributed by atoms with Gasteiger partial charge in [0.1, 0.15) is 12.3 Å². The smallest absolute Gasteiger partial charge is 0.355 e. The first kappa shape index (κ1) is 23.6. The van der Waals surface area contributed by atoms with Crippen LogP contribution in [-0.4, -0.2) is 49.2 Å². The summed E-state index contributed by atoms with van der Waals surface area (Å²) in [5.41, 5.74) is 2.05. The number of urea groups is 1. The molecule has 1 atom stereocenters. The van der Waals surface area contributed by atoms with Crippen LogP contribution in [0.1, 0.15) is 50.6 Å². The summed E-state index contributed by atoms with van der Waals surface area (Å²) in [6.07, 6.45) is 0. The van der Waals surface area contributed by atoms with E-state index < -0.39 is 36.6 Å². The number of hydrogen-bond donors (Lipinski definition) is 3. The van der Waals surface area contributed by atoms with Crippen LogP contribution in [0, 0.1) is 13.8 Å². The Morgan fingerprint density at radius 1 is 1.00 bits per heavy atom. The maximum Gasteiger partial charge on any atom is 0.355 e. The van der Waals surface area contributed by atoms with Crippen molar-refractivity contribution in [2.75, 3.05) is 20.3 Å². The molecule has 1 aliphatic heterocycles. The van der Waals surface area contributed by atoms with Crippen molar-refractivity contribution in [2.24, 2.45) is 0 Å². The van der Waals surface area contributed by atoms with Crippen molar-refractivity contribution in [1.29, 1.82) is 0 Å². The molecule has 2 heterocycles. The summed E-state index contributed by atoms with van der Waals surface area (Å²) in [6.45, 7) is 4.62. The fraction of sp³-hybridized carbons (Fsp3) is 0.304. The Bertz CT molecular complexity index is 1120. The molecule has 0 spiro atoms. The van der Waals surface area contributed by atoms with Crippen molar-refractivity contribution in [3.05, 3.63) is 69.7 Å². The lowest BCUT2D eigenvalue weighted by Crippen LogP contribution is -2.47. The quantitative estimate of drug-likeness (QED) is 0.431. The highest BCUT2D eigenvalue weighted by molar-refractivity contribution is 5.99. The number of rotatable bonds is 7. The van der Waals surface area contributed by atoms with Gasteiger partial charge < -0.3 is 29.8 Å². The molecule has 0 saturated heterocycles. The number of hydrogen-bond acceptors (Lipinski definition) is 7. The highest BCUT2D eigenvalue weighted by atomic mass is 16.5. The number of carbonyl (C=O) groups is 4. The van der Waals surface area contributed by atoms with Gasteiger partial charge in [0.25, 0.3) is 0 Å². The van der Waals surface area contributed by atoms with E-state index in [1.165, 1.54) is 7.11 Å². The zero-order valence-electron chi connectivity index (χ0n) is 18.7. The number of carbonyl (C=O) groups excluding carboxylic acids is 4. The number of aromatic nitrogens is 1. The van der Waals surface area contributed by atoms with E-state index in [1.807, 2.05) is 6.07 Å². The molecule has 0 unspecified atom stereocenters. The van der Waals surface area contributed by atoms with Gasteiger partial charge in [-0.05, 0) is 31.9 Å². The van der Waals surface area contributed by atoms with E-state index >= 15 is 0 Å². The molecule has 2 aromatic rings. The van der Waals surface area contributed by atoms with E-state index in [1.54, 1.807) is 45.0 Å². The van der Waals surface area contributed by atoms with Gasteiger partial charge >= 0.3 is 23.9 Å². The molecular weight excluding hydrogens is 430 g/mol. The summed E-state index contributed by atoms with van der Waals surface area (Å²) in [4.78, 5) is 52.6. The summed E-state index contributed by atoms with van der Waals surface area (Å²) in [5.74, 6) is -1.99. The Morgan fingerprint density at radius 3 is 2.33 bits per heavy atom. The first-order valence-electron chi connectivity index (χ1n) is 10.3. The molecular formula is C23H25N3O7. The molecule has 3 N–H and O–H groups in total. The van der Waals surface area contributed by atoms with Crippen molar-refractivity contribution in [3.8, 4) is 0 Å². The van der Waals surface area contributed by atoms with E-state index in [9.17, 15) is 19.2 Å². The van der Waals surface area contributed by atoms with E-state index in [4.69, 9.17) is 14.2 Å². The van der Waals surface area contributed by atoms with Gasteiger partial charge in [-0.1, -0.05) is 30.3 Å². The molecule has 33 heavy (non-hydrogen) atoms. The van der Waals surface area contributed by atoms with Crippen LogP contribution >= 0.6 is 0 Å². The molecule has 10 heteroatoms. The number of ether oxygens (including phenoxy) is 3. The average Bonchev–Trinajstić information content (AvgIpc) is 3.11. The van der Waals surface area contributed by atoms with E-state index in [-0.39, 0.29) is 29.1 Å². The van der Waals surface area contributed by atoms with Gasteiger partial charge in [0.05, 0.1) is 36.6 Å². The van der Waals surface area contributed by atoms with Crippen LogP contribution in [0.4, 0.5) is 4.79 Å². The predicted molar refractivity (Wildman–Crippen MR) is 116 cm³/mol. The Balaban J connectivity index is 1.92. The standard InChI is InChI=1S/C23H25N3O7/c1-5-32-21(28)17-15(25-23(30)26-19(17)14-9-7-6-8-10-14)11-33-22(29)18-12(2)16(13(3)24-18)20(27)31-4/h6-10,19,24H,5,11H2,1-4H3,(H2,25,26,30)/t19-/m0/s1. The molecule has 0 radical (unpaired) electrons. The van der Waals surface area contributed by atoms with Gasteiger partial charge in [-0.25, -0.2) is 19.2 Å². The Kier molecular flexibility index (Phi) is 7.17. The average molecular weight is 455 g/mol. The summed E-state index contributed by atoms with van der Waals surface area (Å²) in [7, 11) is 1.25. The zero-order valence-corrected chi connectivity index (χ0v) is 18.7. The summed E-state index contributed by atoms with van der Waals surface area (Å²) in [6, 6.07) is 7.56. The molecule has 1 aliphatic rings. The number of H-pyrrole nitrogens is 1. The van der Waals surface area contributed by atoms with E-state index in [0.717, 1.165) is 0 Å². The number of aryl methyl sites for hydroxylation is 1. The van der Waals surface area contributed by atoms with Gasteiger partial charge in [-0.2, -0.15) is 0 Å². The number of esters is 3. The zero-order chi connectivity index (χ0) is 24.1. The second-order valence-corrected chi connectivity index (χ2v) is 7.25. The van der Waals surface area contributed by atoms with E-state index in [2.05, 4.69) is 15.6 Å². The molecule has 10 nitrogen and oxygen atoms in total. The molecule has 2 amide bonds. The van der Waals surface area contributed by atoms with Crippen LogP contribution in [0.3, 0.4) is 0 Å². The molecule has 0 fully saturated rings. The highest BCUT2D eigenvalue weighted by Crippen LogP contribution is 2.28. The van der Waals surface area contributed by atoms with Crippen molar-refractivity contribution in [3.63, 3.8) is 0 Å². The fourth-order valence-corrected chi connectivity index (χ4v) is 3.65. The SMILES string of the molecule is CCOC(=O)C1=C(COC(=O)c2[nH]c(C)c(C(=O)OC)c2C)NC(=O)N[C@H]1c1ccccc1. The lowest BCUT2D eigenvalue weighted by atomic mass is 9.95. The first-order valence-corrected chi connectivity index (χ1v) is 10.3. The summed E-state index contributed by atoms with van der Waals surface area (Å²) >= 11 is 0. The first-order chi connectivity index (χ1) is 15.8. The van der Waals surface area contributed by atoms with Crippen LogP contribution in [0.5, 0.6) is 0 Å². The topological polar surface area (TPSA) is 136 Å². The monoisotopic (exact) mass is 455 g/mol. The van der Waals surface area contributed by atoms with Crippen LogP contribution in [0.15, 0.2) is 41.6 Å². The minimum Gasteiger partial charge on any atom is -0.465 e. The predicted octanol–water partition coefficient (Wildman–Crippen LogP) is 2.45. The summed E-state index contributed by atoms with van der Waals surface area (Å²) in [5, 5.41) is 5.24. The highest BCUT2D eigenvalue weighted by Gasteiger charge is 2.34. The second kappa shape index (κ2) is 10.0. The number of amides is 2. The Hall–Kier alpha value is -4.08. The summed E-state index contributed by atoms with van der Waals surface area (Å²) < 4.78 is 15.3. The van der Waals surface area contributed by atoms with Crippen LogP contribution in [-0.2, 0) is 19.0 Å². The number of benzene rings is 1. The van der Waals surface area contributed by atoms with Gasteiger partial charge in [-0.15, -0.1) is 0 Å². The third-order valence-corrected chi connectivity index (χ3v) is 5.16. The van der Waals surface area contributed by atoms with Crippen molar-refractivity contribution < 1.29 is 33.4 Å². The number of methoxy groups -OCH3 is 1. The lowest BCUT2D eigenvalue weighted by molar-refractivity contribution is -0.139. The maximum atomic E-state index is 12.8. The van der Waals surface area contributed by atoms with Crippen molar-refractivity contribution in [2.45, 2.75) is 26.8 Å². The van der Waals surface area contributed by atoms with Gasteiger partial charge in [-0.3, -0.25) is 0 Å². The Morgan fingerprint density at radius 2 is 1.70 bits per heavy atom. The third kappa shape index (κ3) is 4.89. The molecule has 1 aromatic carbocycles. The fourth-order valence-electron chi connectivity index (χ4n) is 3.65. The molecule has 0 aliphatic carbocycles. The van der Waals surface area contributed by atoms with Crippen molar-refractivity contribution in [1.82, 2.24) is 15.6 Å². The normalized spacial score (nSPS) is 15.4. The third-order valence-electron chi connectivity index (χ3n) is 5.16. The van der Waals surface area contributed by atoms with Gasteiger partial charge in [0, 0.05) is 5.69 Å². The number of aromatic amines is 1. The molecule has 0 bridgehead atoms. The molecule has 174 valence electrons. The van der Waals surface area contributed by atoms with Gasteiger partial charge in [0.15, 0.2) is 0 Å². The minimum absolute atomic E-state index is 0.0751. The lowest BCUT2D eigenvalue weighted by Gasteiger charge is -2.29. The van der Waals surface area contributed by atoms with Crippen LogP contribution in [0.2, 0.25) is 0 Å². The second-order valence-electron chi connectivity index (χ2n) is 7.25. The Labute approximate surface area is 190 Å². The molecule has 1 aromatic heterocycles. The molecule has 3 rings (SSSR count). The maximum absolute atomic E-state index is 12.8. The van der Waals surface area contributed by atoms with Crippen molar-refractivity contribution >= 4 is 23.9 Å². The van der Waals surface area contributed by atoms with E-state index in [0.29, 0.717) is 16.8 Å². The largest absolute Gasteiger partial charge is 0.465 e.